The molecule has 0 fully saturated rings. The van der Waals surface area contributed by atoms with E-state index in [1.54, 1.807) is 11.3 Å². The smallest absolute Gasteiger partial charge is 0.193 e. The van der Waals surface area contributed by atoms with Gasteiger partial charge in [-0.05, 0) is 0 Å². The van der Waals surface area contributed by atoms with Crippen LogP contribution in [0.2, 0.25) is 0 Å². The predicted molar refractivity (Wildman–Crippen MR) is 44.7 cm³/mol. The molecule has 13 heavy (non-hydrogen) atoms. The molecule has 0 aliphatic rings. The van der Waals surface area contributed by atoms with Gasteiger partial charge in [0.1, 0.15) is 0 Å². The van der Waals surface area contributed by atoms with Gasteiger partial charge >= 0.3 is 5.92 Å². The van der Waals surface area contributed by atoms with Crippen LogP contribution < -0.4 is 0 Å². The van der Waals surface area contributed by atoms with Crippen LogP contribution in [-0.4, -0.2) is 5.17 Å². The standard InChI is InChI=1S/C8H5ClF3N/c9-7(13-12)8(10,11)6-4-2-1-3-5-6/h1-5H/b13-7-. The van der Waals surface area contributed by atoms with E-state index in [1.807, 2.05) is 0 Å². The Morgan fingerprint density at radius 3 is 2.23 bits per heavy atom. The van der Waals surface area contributed by atoms with Gasteiger partial charge in [-0.1, -0.05) is 51.6 Å². The van der Waals surface area contributed by atoms with Gasteiger partial charge in [-0.15, -0.1) is 0 Å². The first-order valence-corrected chi connectivity index (χ1v) is 3.75. The zero-order chi connectivity index (χ0) is 9.90. The second-order valence-corrected chi connectivity index (χ2v) is 2.67. The number of halogens is 4. The Kier molecular flexibility index (Phi) is 2.93. The SMILES string of the molecule is F/N=C(\Cl)C(F)(F)c1ccccc1. The predicted octanol–water partition coefficient (Wildman–Crippen LogP) is 3.30. The number of hydrogen-bond acceptors (Lipinski definition) is 1. The molecule has 0 aliphatic carbocycles. The first-order chi connectivity index (χ1) is 6.09. The van der Waals surface area contributed by atoms with E-state index in [0.29, 0.717) is 0 Å². The molecule has 0 spiro atoms. The van der Waals surface area contributed by atoms with Gasteiger partial charge in [0.25, 0.3) is 0 Å². The van der Waals surface area contributed by atoms with Crippen LogP contribution in [0, 0.1) is 0 Å². The summed E-state index contributed by atoms with van der Waals surface area (Å²) in [4.78, 5) is 0. The van der Waals surface area contributed by atoms with Crippen LogP contribution in [0.1, 0.15) is 5.56 Å². The van der Waals surface area contributed by atoms with Gasteiger partial charge in [0.2, 0.25) is 5.17 Å². The van der Waals surface area contributed by atoms with Crippen molar-refractivity contribution in [1.82, 2.24) is 0 Å². The summed E-state index contributed by atoms with van der Waals surface area (Å²) >= 11 is 4.92. The van der Waals surface area contributed by atoms with Crippen molar-refractivity contribution in [3.05, 3.63) is 35.9 Å². The summed E-state index contributed by atoms with van der Waals surface area (Å²) in [5.74, 6) is -3.56. The Morgan fingerprint density at radius 1 is 1.23 bits per heavy atom. The zero-order valence-electron chi connectivity index (χ0n) is 6.35. The van der Waals surface area contributed by atoms with Crippen molar-refractivity contribution in [2.75, 3.05) is 0 Å². The minimum absolute atomic E-state index is 0.388. The summed E-state index contributed by atoms with van der Waals surface area (Å²) in [6.07, 6.45) is 0. The summed E-state index contributed by atoms with van der Waals surface area (Å²) in [6.45, 7) is 0. The third-order valence-corrected chi connectivity index (χ3v) is 1.77. The minimum Gasteiger partial charge on any atom is -0.193 e. The molecule has 0 heterocycles. The van der Waals surface area contributed by atoms with Gasteiger partial charge in [-0.2, -0.15) is 8.78 Å². The van der Waals surface area contributed by atoms with Gasteiger partial charge in [0.05, 0.1) is 0 Å². The molecule has 5 heteroatoms. The van der Waals surface area contributed by atoms with E-state index >= 15 is 0 Å². The van der Waals surface area contributed by atoms with Crippen molar-refractivity contribution >= 4 is 16.8 Å². The molecule has 0 radical (unpaired) electrons. The second kappa shape index (κ2) is 3.79. The minimum atomic E-state index is -3.56. The Hall–Kier alpha value is -1.03. The van der Waals surface area contributed by atoms with E-state index in [1.165, 1.54) is 12.1 Å². The van der Waals surface area contributed by atoms with Crippen LogP contribution in [0.25, 0.3) is 0 Å². The number of nitrogens with zero attached hydrogens (tertiary/aromatic N) is 1. The molecular weight excluding hydrogens is 203 g/mol. The van der Waals surface area contributed by atoms with E-state index in [-0.39, 0.29) is 5.56 Å². The highest BCUT2D eigenvalue weighted by atomic mass is 35.5. The van der Waals surface area contributed by atoms with E-state index in [0.717, 1.165) is 12.1 Å². The lowest BCUT2D eigenvalue weighted by Crippen LogP contribution is -2.20. The van der Waals surface area contributed by atoms with Gasteiger partial charge in [-0.25, -0.2) is 0 Å². The number of alkyl halides is 2. The molecule has 70 valence electrons. The summed E-state index contributed by atoms with van der Waals surface area (Å²) in [5, 5.41) is 0.406. The van der Waals surface area contributed by atoms with Gasteiger partial charge in [-0.3, -0.25) is 0 Å². The van der Waals surface area contributed by atoms with Crippen molar-refractivity contribution in [1.29, 1.82) is 0 Å². The van der Waals surface area contributed by atoms with Crippen LogP contribution in [-0.2, 0) is 5.92 Å². The fourth-order valence-electron chi connectivity index (χ4n) is 0.820. The maximum atomic E-state index is 13.0. The van der Waals surface area contributed by atoms with Crippen molar-refractivity contribution < 1.29 is 13.3 Å². The van der Waals surface area contributed by atoms with Gasteiger partial charge in [0.15, 0.2) is 0 Å². The highest BCUT2D eigenvalue weighted by molar-refractivity contribution is 6.66. The van der Waals surface area contributed by atoms with Crippen molar-refractivity contribution in [2.24, 2.45) is 5.21 Å². The third-order valence-electron chi connectivity index (χ3n) is 1.47. The van der Waals surface area contributed by atoms with Gasteiger partial charge < -0.3 is 0 Å². The molecule has 1 rings (SSSR count). The molecule has 0 saturated carbocycles. The summed E-state index contributed by atoms with van der Waals surface area (Å²) in [7, 11) is 0. The Labute approximate surface area is 77.8 Å². The number of hydrogen-bond donors (Lipinski definition) is 0. The highest BCUT2D eigenvalue weighted by Crippen LogP contribution is 2.31. The van der Waals surface area contributed by atoms with Crippen molar-refractivity contribution in [3.8, 4) is 0 Å². The van der Waals surface area contributed by atoms with E-state index in [9.17, 15) is 13.3 Å². The molecule has 1 aromatic carbocycles. The molecule has 0 unspecified atom stereocenters. The highest BCUT2D eigenvalue weighted by Gasteiger charge is 2.37. The fourth-order valence-corrected chi connectivity index (χ4v) is 0.929. The number of rotatable bonds is 2. The lowest BCUT2D eigenvalue weighted by molar-refractivity contribution is 0.0775. The Bertz CT molecular complexity index is 310. The lowest BCUT2D eigenvalue weighted by atomic mass is 10.1. The van der Waals surface area contributed by atoms with Crippen molar-refractivity contribution in [3.63, 3.8) is 0 Å². The largest absolute Gasteiger partial charge is 0.327 e. The summed E-state index contributed by atoms with van der Waals surface area (Å²) in [5.41, 5.74) is -0.388. The first kappa shape index (κ1) is 10.1. The normalized spacial score (nSPS) is 13.1. The van der Waals surface area contributed by atoms with E-state index in [2.05, 4.69) is 0 Å². The van der Waals surface area contributed by atoms with E-state index < -0.39 is 11.1 Å². The molecule has 1 aromatic rings. The molecular formula is C8H5ClF3N. The summed E-state index contributed by atoms with van der Waals surface area (Å²) in [6, 6.07) is 6.68. The monoisotopic (exact) mass is 207 g/mol. The molecule has 0 saturated heterocycles. The molecule has 0 atom stereocenters. The molecule has 0 bridgehead atoms. The van der Waals surface area contributed by atoms with Crippen LogP contribution in [0.3, 0.4) is 0 Å². The molecule has 0 amide bonds. The second-order valence-electron chi connectivity index (χ2n) is 2.32. The molecule has 0 aromatic heterocycles. The molecule has 0 aliphatic heterocycles. The maximum absolute atomic E-state index is 13.0. The Balaban J connectivity index is 3.08. The van der Waals surface area contributed by atoms with Crippen LogP contribution in [0.5, 0.6) is 0 Å². The summed E-state index contributed by atoms with van der Waals surface area (Å²) < 4.78 is 37.6. The molecule has 0 N–H and O–H groups in total. The topological polar surface area (TPSA) is 12.4 Å². The van der Waals surface area contributed by atoms with Crippen LogP contribution in [0.15, 0.2) is 35.5 Å². The van der Waals surface area contributed by atoms with Crippen LogP contribution in [0.4, 0.5) is 13.3 Å². The third kappa shape index (κ3) is 2.01. The Morgan fingerprint density at radius 2 is 1.77 bits per heavy atom. The number of benzene rings is 1. The van der Waals surface area contributed by atoms with Gasteiger partial charge in [0, 0.05) is 5.56 Å². The lowest BCUT2D eigenvalue weighted by Gasteiger charge is -2.12. The van der Waals surface area contributed by atoms with E-state index in [4.69, 9.17) is 11.6 Å². The first-order valence-electron chi connectivity index (χ1n) is 3.37. The maximum Gasteiger partial charge on any atom is 0.327 e. The van der Waals surface area contributed by atoms with Crippen LogP contribution >= 0.6 is 11.6 Å². The van der Waals surface area contributed by atoms with Crippen molar-refractivity contribution in [2.45, 2.75) is 5.92 Å². The average Bonchev–Trinajstić information content (AvgIpc) is 2.18. The fraction of sp³-hybridized carbons (Fsp3) is 0.125. The zero-order valence-corrected chi connectivity index (χ0v) is 7.10. The molecule has 1 nitrogen and oxygen atoms in total. The quantitative estimate of drug-likeness (QED) is 0.660. The average molecular weight is 208 g/mol.